The van der Waals surface area contributed by atoms with Gasteiger partial charge in [0, 0.05) is 24.1 Å². The standard InChI is InChI=1S/C16H19N5/c1-2-8-20-9-4-7-16(20)11-17-14-5-3-6-15(10-14)21-12-18-19-13-21/h3-7,9-10,12-13,17H,2,8,11H2,1H3. The SMILES string of the molecule is CCCn1cccc1CNc1cccc(-n2cnnc2)c1. The Morgan fingerprint density at radius 2 is 1.95 bits per heavy atom. The highest BCUT2D eigenvalue weighted by Crippen LogP contribution is 2.15. The molecular weight excluding hydrogens is 262 g/mol. The number of nitrogens with one attached hydrogen (secondary N) is 1. The van der Waals surface area contributed by atoms with Crippen molar-refractivity contribution in [3.8, 4) is 5.69 Å². The molecule has 3 rings (SSSR count). The van der Waals surface area contributed by atoms with Crippen LogP contribution in [0.2, 0.25) is 0 Å². The maximum absolute atomic E-state index is 3.84. The zero-order valence-corrected chi connectivity index (χ0v) is 12.1. The lowest BCUT2D eigenvalue weighted by Gasteiger charge is -2.11. The molecule has 0 unspecified atom stereocenters. The normalized spacial score (nSPS) is 10.7. The molecule has 0 aliphatic carbocycles. The third kappa shape index (κ3) is 3.13. The Bertz CT molecular complexity index is 684. The van der Waals surface area contributed by atoms with Crippen LogP contribution >= 0.6 is 0 Å². The fraction of sp³-hybridized carbons (Fsp3) is 0.250. The van der Waals surface area contributed by atoms with Crippen LogP contribution in [-0.4, -0.2) is 19.3 Å². The molecule has 0 aliphatic rings. The number of aromatic nitrogens is 4. The molecule has 0 spiro atoms. The fourth-order valence-electron chi connectivity index (χ4n) is 2.37. The summed E-state index contributed by atoms with van der Waals surface area (Å²) in [5.74, 6) is 0. The largest absolute Gasteiger partial charge is 0.379 e. The maximum Gasteiger partial charge on any atom is 0.123 e. The lowest BCUT2D eigenvalue weighted by Crippen LogP contribution is -2.07. The van der Waals surface area contributed by atoms with Gasteiger partial charge in [-0.3, -0.25) is 4.57 Å². The minimum Gasteiger partial charge on any atom is -0.379 e. The molecular formula is C16H19N5. The lowest BCUT2D eigenvalue weighted by molar-refractivity contribution is 0.654. The molecule has 1 aromatic carbocycles. The maximum atomic E-state index is 3.84. The summed E-state index contributed by atoms with van der Waals surface area (Å²) in [4.78, 5) is 0. The summed E-state index contributed by atoms with van der Waals surface area (Å²) in [6.07, 6.45) is 6.68. The highest BCUT2D eigenvalue weighted by Gasteiger charge is 2.02. The van der Waals surface area contributed by atoms with E-state index in [0.29, 0.717) is 0 Å². The molecule has 5 heteroatoms. The van der Waals surface area contributed by atoms with Gasteiger partial charge in [-0.2, -0.15) is 0 Å². The van der Waals surface area contributed by atoms with Crippen molar-refractivity contribution in [1.29, 1.82) is 0 Å². The average molecular weight is 281 g/mol. The van der Waals surface area contributed by atoms with Crippen LogP contribution in [0, 0.1) is 0 Å². The van der Waals surface area contributed by atoms with Crippen molar-refractivity contribution in [2.45, 2.75) is 26.4 Å². The highest BCUT2D eigenvalue weighted by atomic mass is 15.2. The van der Waals surface area contributed by atoms with E-state index in [1.165, 1.54) is 5.69 Å². The highest BCUT2D eigenvalue weighted by molar-refractivity contribution is 5.51. The number of aryl methyl sites for hydroxylation is 1. The second-order valence-electron chi connectivity index (χ2n) is 4.97. The molecule has 0 bridgehead atoms. The van der Waals surface area contributed by atoms with Crippen LogP contribution in [0.25, 0.3) is 5.69 Å². The number of hydrogen-bond acceptors (Lipinski definition) is 3. The zero-order valence-electron chi connectivity index (χ0n) is 12.1. The van der Waals surface area contributed by atoms with Crippen LogP contribution in [0.1, 0.15) is 19.0 Å². The van der Waals surface area contributed by atoms with E-state index in [0.717, 1.165) is 30.9 Å². The van der Waals surface area contributed by atoms with Gasteiger partial charge in [-0.25, -0.2) is 0 Å². The average Bonchev–Trinajstić information content (AvgIpc) is 3.18. The van der Waals surface area contributed by atoms with Gasteiger partial charge in [0.15, 0.2) is 0 Å². The second-order valence-corrected chi connectivity index (χ2v) is 4.97. The molecule has 108 valence electrons. The molecule has 0 radical (unpaired) electrons. The van der Waals surface area contributed by atoms with Gasteiger partial charge < -0.3 is 9.88 Å². The number of hydrogen-bond donors (Lipinski definition) is 1. The molecule has 1 N–H and O–H groups in total. The Balaban J connectivity index is 1.71. The Morgan fingerprint density at radius 3 is 2.76 bits per heavy atom. The van der Waals surface area contributed by atoms with E-state index < -0.39 is 0 Å². The van der Waals surface area contributed by atoms with E-state index in [-0.39, 0.29) is 0 Å². The summed E-state index contributed by atoms with van der Waals surface area (Å²) in [7, 11) is 0. The Morgan fingerprint density at radius 1 is 1.10 bits per heavy atom. The number of anilines is 1. The van der Waals surface area contributed by atoms with Gasteiger partial charge in [0.2, 0.25) is 0 Å². The third-order valence-electron chi connectivity index (χ3n) is 3.42. The topological polar surface area (TPSA) is 47.7 Å². The minimum atomic E-state index is 0.818. The van der Waals surface area contributed by atoms with E-state index in [9.17, 15) is 0 Å². The Hall–Kier alpha value is -2.56. The van der Waals surface area contributed by atoms with Crippen LogP contribution in [-0.2, 0) is 13.1 Å². The van der Waals surface area contributed by atoms with Crippen LogP contribution in [0.4, 0.5) is 5.69 Å². The summed E-state index contributed by atoms with van der Waals surface area (Å²) < 4.78 is 4.18. The number of rotatable bonds is 6. The Labute approximate surface area is 124 Å². The van der Waals surface area contributed by atoms with Crippen molar-refractivity contribution < 1.29 is 0 Å². The monoisotopic (exact) mass is 281 g/mol. The predicted molar refractivity (Wildman–Crippen MR) is 83.4 cm³/mol. The smallest absolute Gasteiger partial charge is 0.123 e. The molecule has 0 saturated carbocycles. The first-order valence-electron chi connectivity index (χ1n) is 7.20. The quantitative estimate of drug-likeness (QED) is 0.755. The van der Waals surface area contributed by atoms with E-state index in [1.54, 1.807) is 12.7 Å². The summed E-state index contributed by atoms with van der Waals surface area (Å²) >= 11 is 0. The van der Waals surface area contributed by atoms with E-state index in [4.69, 9.17) is 0 Å². The van der Waals surface area contributed by atoms with Crippen molar-refractivity contribution in [3.63, 3.8) is 0 Å². The van der Waals surface area contributed by atoms with Crippen LogP contribution < -0.4 is 5.32 Å². The third-order valence-corrected chi connectivity index (χ3v) is 3.42. The second kappa shape index (κ2) is 6.26. The number of benzene rings is 1. The molecule has 0 saturated heterocycles. The van der Waals surface area contributed by atoms with Gasteiger partial charge >= 0.3 is 0 Å². The first-order chi connectivity index (χ1) is 10.4. The van der Waals surface area contributed by atoms with Crippen molar-refractivity contribution in [2.75, 3.05) is 5.32 Å². The lowest BCUT2D eigenvalue weighted by atomic mass is 10.2. The van der Waals surface area contributed by atoms with Crippen molar-refractivity contribution in [1.82, 2.24) is 19.3 Å². The van der Waals surface area contributed by atoms with Crippen molar-refractivity contribution in [2.24, 2.45) is 0 Å². The molecule has 0 amide bonds. The van der Waals surface area contributed by atoms with Crippen molar-refractivity contribution in [3.05, 3.63) is 60.9 Å². The first-order valence-corrected chi connectivity index (χ1v) is 7.20. The van der Waals surface area contributed by atoms with Gasteiger partial charge in [-0.1, -0.05) is 13.0 Å². The molecule has 21 heavy (non-hydrogen) atoms. The van der Waals surface area contributed by atoms with Crippen LogP contribution in [0.3, 0.4) is 0 Å². The predicted octanol–water partition coefficient (Wildman–Crippen LogP) is 3.09. The van der Waals surface area contributed by atoms with Gasteiger partial charge in [0.25, 0.3) is 0 Å². The Kier molecular flexibility index (Phi) is 4.00. The molecule has 2 aromatic heterocycles. The summed E-state index contributed by atoms with van der Waals surface area (Å²) in [5.41, 5.74) is 3.44. The van der Waals surface area contributed by atoms with Gasteiger partial charge in [0.1, 0.15) is 12.7 Å². The summed E-state index contributed by atoms with van der Waals surface area (Å²) in [6, 6.07) is 12.5. The van der Waals surface area contributed by atoms with Crippen LogP contribution in [0.15, 0.2) is 55.2 Å². The van der Waals surface area contributed by atoms with E-state index >= 15 is 0 Å². The van der Waals surface area contributed by atoms with Gasteiger partial charge in [-0.05, 0) is 36.8 Å². The molecule has 0 fully saturated rings. The minimum absolute atomic E-state index is 0.818. The van der Waals surface area contributed by atoms with E-state index in [1.807, 2.05) is 16.7 Å². The zero-order chi connectivity index (χ0) is 14.5. The van der Waals surface area contributed by atoms with Crippen molar-refractivity contribution >= 4 is 5.69 Å². The first kappa shape index (κ1) is 13.4. The number of nitrogens with zero attached hydrogens (tertiary/aromatic N) is 4. The summed E-state index contributed by atoms with van der Waals surface area (Å²) in [5, 5.41) is 11.1. The molecule has 5 nitrogen and oxygen atoms in total. The van der Waals surface area contributed by atoms with Crippen LogP contribution in [0.5, 0.6) is 0 Å². The molecule has 0 aliphatic heterocycles. The van der Waals surface area contributed by atoms with E-state index in [2.05, 4.69) is 57.5 Å². The fourth-order valence-corrected chi connectivity index (χ4v) is 2.37. The summed E-state index contributed by atoms with van der Waals surface area (Å²) in [6.45, 7) is 4.07. The molecule has 3 aromatic rings. The molecule has 2 heterocycles. The van der Waals surface area contributed by atoms with Gasteiger partial charge in [-0.15, -0.1) is 10.2 Å². The molecule has 0 atom stereocenters. The van der Waals surface area contributed by atoms with Gasteiger partial charge in [0.05, 0.1) is 12.2 Å².